The lowest BCUT2D eigenvalue weighted by molar-refractivity contribution is -0.0557. The van der Waals surface area contributed by atoms with E-state index >= 15 is 0 Å². The van der Waals surface area contributed by atoms with Gasteiger partial charge >= 0.3 is 0 Å². The summed E-state index contributed by atoms with van der Waals surface area (Å²) in [5.74, 6) is 1.48. The normalized spacial score (nSPS) is 18.0. The minimum Gasteiger partial charge on any atom is -0.375 e. The highest BCUT2D eigenvalue weighted by Crippen LogP contribution is 2.25. The maximum atomic E-state index is 6.35. The Balaban J connectivity index is 4.21. The molecule has 0 aromatic rings. The second-order valence-corrected chi connectivity index (χ2v) is 6.17. The van der Waals surface area contributed by atoms with E-state index in [0.29, 0.717) is 12.2 Å². The molecule has 0 aliphatic heterocycles. The van der Waals surface area contributed by atoms with Gasteiger partial charge in [-0.25, -0.2) is 0 Å². The molecule has 0 aromatic heterocycles. The predicted octanol–water partition coefficient (Wildman–Crippen LogP) is 6.21. The van der Waals surface area contributed by atoms with E-state index < -0.39 is 0 Å². The molecule has 0 saturated heterocycles. The fourth-order valence-electron chi connectivity index (χ4n) is 3.03. The van der Waals surface area contributed by atoms with Gasteiger partial charge in [-0.15, -0.1) is 0 Å². The zero-order chi connectivity index (χ0) is 14.7. The summed E-state index contributed by atoms with van der Waals surface area (Å²) in [6, 6.07) is 0. The first-order chi connectivity index (χ1) is 9.10. The Kier molecular flexibility index (Phi) is 11.7. The van der Waals surface area contributed by atoms with Crippen LogP contribution in [0.1, 0.15) is 92.9 Å². The molecule has 4 atom stereocenters. The molecule has 19 heavy (non-hydrogen) atoms. The van der Waals surface area contributed by atoms with E-state index in [1.54, 1.807) is 0 Å². The van der Waals surface area contributed by atoms with Crippen molar-refractivity contribution in [2.24, 2.45) is 11.8 Å². The molecule has 116 valence electrons. The Labute approximate surface area is 122 Å². The summed E-state index contributed by atoms with van der Waals surface area (Å²) < 4.78 is 6.35. The Morgan fingerprint density at radius 1 is 0.684 bits per heavy atom. The van der Waals surface area contributed by atoms with Crippen molar-refractivity contribution < 1.29 is 4.74 Å². The summed E-state index contributed by atoms with van der Waals surface area (Å²) in [7, 11) is 0. The summed E-state index contributed by atoms with van der Waals surface area (Å²) in [5.41, 5.74) is 0. The van der Waals surface area contributed by atoms with E-state index in [1.165, 1.54) is 51.4 Å². The fourth-order valence-corrected chi connectivity index (χ4v) is 3.03. The van der Waals surface area contributed by atoms with E-state index in [9.17, 15) is 0 Å². The van der Waals surface area contributed by atoms with Crippen molar-refractivity contribution in [3.8, 4) is 0 Å². The van der Waals surface area contributed by atoms with Gasteiger partial charge in [-0.2, -0.15) is 0 Å². The van der Waals surface area contributed by atoms with Gasteiger partial charge in [0, 0.05) is 0 Å². The second-order valence-electron chi connectivity index (χ2n) is 6.17. The Bertz CT molecular complexity index is 170. The quantitative estimate of drug-likeness (QED) is 0.409. The van der Waals surface area contributed by atoms with Crippen LogP contribution >= 0.6 is 0 Å². The average molecular weight is 271 g/mol. The first kappa shape index (κ1) is 19.0. The zero-order valence-corrected chi connectivity index (χ0v) is 14.4. The van der Waals surface area contributed by atoms with E-state index in [0.717, 1.165) is 11.8 Å². The highest BCUT2D eigenvalue weighted by molar-refractivity contribution is 4.71. The minimum atomic E-state index is 0.419. The predicted molar refractivity (Wildman–Crippen MR) is 86.6 cm³/mol. The number of ether oxygens (including phenoxy) is 1. The van der Waals surface area contributed by atoms with Gasteiger partial charge in [-0.1, -0.05) is 66.2 Å². The zero-order valence-electron chi connectivity index (χ0n) is 14.4. The number of unbranched alkanes of at least 4 members (excludes halogenated alkanes) is 2. The molecule has 0 aromatic carbocycles. The first-order valence-electron chi connectivity index (χ1n) is 8.75. The van der Waals surface area contributed by atoms with Gasteiger partial charge < -0.3 is 4.74 Å². The summed E-state index contributed by atoms with van der Waals surface area (Å²) in [4.78, 5) is 0. The molecule has 0 spiro atoms. The molecular weight excluding hydrogens is 232 g/mol. The van der Waals surface area contributed by atoms with Crippen molar-refractivity contribution in [3.63, 3.8) is 0 Å². The summed E-state index contributed by atoms with van der Waals surface area (Å²) in [6.07, 6.45) is 11.3. The van der Waals surface area contributed by atoms with Crippen LogP contribution < -0.4 is 0 Å². The lowest BCUT2D eigenvalue weighted by Crippen LogP contribution is -2.29. The van der Waals surface area contributed by atoms with E-state index in [1.807, 2.05) is 0 Å². The van der Waals surface area contributed by atoms with Crippen molar-refractivity contribution in [1.29, 1.82) is 0 Å². The second kappa shape index (κ2) is 11.8. The molecule has 0 N–H and O–H groups in total. The van der Waals surface area contributed by atoms with Gasteiger partial charge in [0.05, 0.1) is 12.2 Å². The van der Waals surface area contributed by atoms with Crippen molar-refractivity contribution in [2.45, 2.75) is 105 Å². The third-order valence-corrected chi connectivity index (χ3v) is 4.66. The first-order valence-corrected chi connectivity index (χ1v) is 8.75. The van der Waals surface area contributed by atoms with Gasteiger partial charge in [0.1, 0.15) is 0 Å². The van der Waals surface area contributed by atoms with E-state index in [-0.39, 0.29) is 0 Å². The van der Waals surface area contributed by atoms with Gasteiger partial charge in [0.2, 0.25) is 0 Å². The number of hydrogen-bond donors (Lipinski definition) is 0. The molecular formula is C18H38O. The van der Waals surface area contributed by atoms with Gasteiger partial charge in [0.25, 0.3) is 0 Å². The Morgan fingerprint density at radius 2 is 1.05 bits per heavy atom. The Morgan fingerprint density at radius 3 is 1.32 bits per heavy atom. The molecule has 0 saturated carbocycles. The van der Waals surface area contributed by atoms with Crippen molar-refractivity contribution in [2.75, 3.05) is 0 Å². The maximum absolute atomic E-state index is 6.35. The third-order valence-electron chi connectivity index (χ3n) is 4.66. The molecule has 0 fully saturated rings. The molecule has 0 amide bonds. The SMILES string of the molecule is CCCCC(CC)C(C)OC(C)C(CC)CCCC. The van der Waals surface area contributed by atoms with Crippen LogP contribution in [0.4, 0.5) is 0 Å². The average Bonchev–Trinajstić information content (AvgIpc) is 2.40. The summed E-state index contributed by atoms with van der Waals surface area (Å²) in [6.45, 7) is 13.7. The van der Waals surface area contributed by atoms with Crippen molar-refractivity contribution >= 4 is 0 Å². The topological polar surface area (TPSA) is 9.23 Å². The van der Waals surface area contributed by atoms with Crippen LogP contribution in [-0.2, 0) is 4.74 Å². The van der Waals surface area contributed by atoms with Crippen molar-refractivity contribution in [1.82, 2.24) is 0 Å². The molecule has 1 heteroatoms. The molecule has 0 rings (SSSR count). The van der Waals surface area contributed by atoms with E-state index in [2.05, 4.69) is 41.5 Å². The molecule has 0 bridgehead atoms. The molecule has 0 radical (unpaired) electrons. The lowest BCUT2D eigenvalue weighted by atomic mass is 9.92. The highest BCUT2D eigenvalue weighted by Gasteiger charge is 2.22. The molecule has 4 unspecified atom stereocenters. The smallest absolute Gasteiger partial charge is 0.0578 e. The van der Waals surface area contributed by atoms with Crippen LogP contribution in [-0.4, -0.2) is 12.2 Å². The van der Waals surface area contributed by atoms with Crippen molar-refractivity contribution in [3.05, 3.63) is 0 Å². The largest absolute Gasteiger partial charge is 0.375 e. The van der Waals surface area contributed by atoms with E-state index in [4.69, 9.17) is 4.74 Å². The molecule has 1 nitrogen and oxygen atoms in total. The molecule has 0 aliphatic rings. The minimum absolute atomic E-state index is 0.419. The molecule has 0 aliphatic carbocycles. The monoisotopic (exact) mass is 270 g/mol. The van der Waals surface area contributed by atoms with Gasteiger partial charge in [-0.05, 0) is 38.5 Å². The van der Waals surface area contributed by atoms with Crippen LogP contribution in [0, 0.1) is 11.8 Å². The van der Waals surface area contributed by atoms with Crippen LogP contribution in [0.3, 0.4) is 0 Å². The van der Waals surface area contributed by atoms with Crippen LogP contribution in [0.2, 0.25) is 0 Å². The fraction of sp³-hybridized carbons (Fsp3) is 1.00. The summed E-state index contributed by atoms with van der Waals surface area (Å²) >= 11 is 0. The highest BCUT2D eigenvalue weighted by atomic mass is 16.5. The van der Waals surface area contributed by atoms with Crippen LogP contribution in [0.25, 0.3) is 0 Å². The molecule has 0 heterocycles. The standard InChI is InChI=1S/C18H38O/c1-7-11-13-17(9-3)15(5)19-16(6)18(10-4)14-12-8-2/h15-18H,7-14H2,1-6H3. The van der Waals surface area contributed by atoms with Crippen LogP contribution in [0.5, 0.6) is 0 Å². The maximum Gasteiger partial charge on any atom is 0.0578 e. The Hall–Kier alpha value is -0.0400. The summed E-state index contributed by atoms with van der Waals surface area (Å²) in [5, 5.41) is 0. The van der Waals surface area contributed by atoms with Gasteiger partial charge in [0.15, 0.2) is 0 Å². The third kappa shape index (κ3) is 7.97. The number of hydrogen-bond acceptors (Lipinski definition) is 1. The van der Waals surface area contributed by atoms with Crippen LogP contribution in [0.15, 0.2) is 0 Å². The number of rotatable bonds is 12. The lowest BCUT2D eigenvalue weighted by Gasteiger charge is -2.30. The van der Waals surface area contributed by atoms with Gasteiger partial charge in [-0.3, -0.25) is 0 Å².